The van der Waals surface area contributed by atoms with Gasteiger partial charge >= 0.3 is 12.4 Å². The van der Waals surface area contributed by atoms with Crippen LogP contribution in [0.4, 0.5) is 32.0 Å². The van der Waals surface area contributed by atoms with Gasteiger partial charge in [-0.1, -0.05) is 18.2 Å². The highest BCUT2D eigenvalue weighted by Crippen LogP contribution is 2.39. The van der Waals surface area contributed by atoms with E-state index in [0.717, 1.165) is 31.7 Å². The number of halogens is 6. The average molecular weight is 568 g/mol. The molecule has 7 nitrogen and oxygen atoms in total. The maximum atomic E-state index is 13.4. The molecule has 2 fully saturated rings. The van der Waals surface area contributed by atoms with E-state index in [1.165, 1.54) is 6.07 Å². The number of fused-ring (bicyclic) bond motifs is 1. The maximum Gasteiger partial charge on any atom is 0.433 e. The number of aromatic nitrogens is 2. The van der Waals surface area contributed by atoms with Gasteiger partial charge in [-0.05, 0) is 43.9 Å². The van der Waals surface area contributed by atoms with Crippen LogP contribution in [0, 0.1) is 0 Å². The number of anilines is 1. The molecule has 40 heavy (non-hydrogen) atoms. The van der Waals surface area contributed by atoms with Crippen molar-refractivity contribution in [3.05, 3.63) is 70.3 Å². The summed E-state index contributed by atoms with van der Waals surface area (Å²) >= 11 is 0. The molecule has 3 heterocycles. The lowest BCUT2D eigenvalue weighted by Gasteiger charge is -2.46. The van der Waals surface area contributed by atoms with Crippen molar-refractivity contribution in [2.75, 3.05) is 25.0 Å². The van der Waals surface area contributed by atoms with E-state index < -0.39 is 41.6 Å². The number of alkyl halides is 6. The maximum absolute atomic E-state index is 13.4. The summed E-state index contributed by atoms with van der Waals surface area (Å²) in [7, 11) is 0. The number of carbonyl (C=O) groups excluding carboxylic acids is 1. The van der Waals surface area contributed by atoms with Crippen LogP contribution in [0.15, 0.2) is 53.5 Å². The highest BCUT2D eigenvalue weighted by atomic mass is 19.4. The fourth-order valence-corrected chi connectivity index (χ4v) is 5.57. The molecule has 0 bridgehead atoms. The molecule has 0 unspecified atom stereocenters. The molecule has 1 saturated carbocycles. The lowest BCUT2D eigenvalue weighted by atomic mass is 9.88. The fourth-order valence-electron chi connectivity index (χ4n) is 5.57. The Labute approximate surface area is 225 Å². The monoisotopic (exact) mass is 567 g/mol. The van der Waals surface area contributed by atoms with Crippen LogP contribution >= 0.6 is 0 Å². The van der Waals surface area contributed by atoms with Gasteiger partial charge in [0.05, 0.1) is 23.7 Å². The third kappa shape index (κ3) is 5.93. The zero-order chi connectivity index (χ0) is 28.7. The lowest BCUT2D eigenvalue weighted by Crippen LogP contribution is -2.63. The Balaban J connectivity index is 1.16. The van der Waals surface area contributed by atoms with Crippen molar-refractivity contribution in [3.8, 4) is 0 Å². The molecule has 214 valence electrons. The van der Waals surface area contributed by atoms with Gasteiger partial charge in [-0.25, -0.2) is 4.98 Å². The number of hydrogen-bond acceptors (Lipinski definition) is 5. The van der Waals surface area contributed by atoms with Crippen molar-refractivity contribution < 1.29 is 31.1 Å². The Kier molecular flexibility index (Phi) is 7.51. The normalized spacial score (nSPS) is 20.8. The van der Waals surface area contributed by atoms with Gasteiger partial charge in [0.1, 0.15) is 5.69 Å². The number of hydrogen-bond donors (Lipinski definition) is 2. The molecular weight excluding hydrogens is 540 g/mol. The zero-order valence-electron chi connectivity index (χ0n) is 21.2. The minimum absolute atomic E-state index is 0.0125. The summed E-state index contributed by atoms with van der Waals surface area (Å²) in [6.07, 6.45) is -4.47. The molecule has 5 rings (SSSR count). The van der Waals surface area contributed by atoms with Gasteiger partial charge in [-0.3, -0.25) is 14.5 Å². The van der Waals surface area contributed by atoms with Gasteiger partial charge in [0.25, 0.3) is 5.56 Å². The van der Waals surface area contributed by atoms with Crippen molar-refractivity contribution in [2.24, 2.45) is 0 Å². The van der Waals surface area contributed by atoms with Crippen LogP contribution in [0.5, 0.6) is 0 Å². The smallest absolute Gasteiger partial charge is 0.376 e. The van der Waals surface area contributed by atoms with Crippen LogP contribution in [0.3, 0.4) is 0 Å². The van der Waals surface area contributed by atoms with Gasteiger partial charge in [-0.2, -0.15) is 26.3 Å². The number of benzene rings is 1. The highest BCUT2D eigenvalue weighted by molar-refractivity contribution is 5.95. The van der Waals surface area contributed by atoms with Crippen molar-refractivity contribution >= 4 is 22.5 Å². The number of rotatable bonds is 6. The Morgan fingerprint density at radius 2 is 1.62 bits per heavy atom. The molecular formula is C27H27F6N5O2. The summed E-state index contributed by atoms with van der Waals surface area (Å²) in [6, 6.07) is 9.08. The van der Waals surface area contributed by atoms with Crippen LogP contribution in [-0.2, 0) is 17.1 Å². The molecule has 1 saturated heterocycles. The van der Waals surface area contributed by atoms with Gasteiger partial charge in [0.15, 0.2) is 0 Å². The number of amides is 1. The predicted octanol–water partition coefficient (Wildman–Crippen LogP) is 4.83. The van der Waals surface area contributed by atoms with Crippen LogP contribution in [0.2, 0.25) is 0 Å². The van der Waals surface area contributed by atoms with Crippen molar-refractivity contribution in [2.45, 2.75) is 56.2 Å². The Morgan fingerprint density at radius 3 is 2.27 bits per heavy atom. The molecule has 2 aromatic heterocycles. The zero-order valence-corrected chi connectivity index (χ0v) is 21.2. The van der Waals surface area contributed by atoms with E-state index >= 15 is 0 Å². The van der Waals surface area contributed by atoms with E-state index in [9.17, 15) is 35.9 Å². The van der Waals surface area contributed by atoms with Crippen molar-refractivity contribution in [1.82, 2.24) is 19.8 Å². The van der Waals surface area contributed by atoms with Crippen LogP contribution < -0.4 is 16.2 Å². The second-order valence-electron chi connectivity index (χ2n) is 10.2. The first kappa shape index (κ1) is 27.9. The first-order valence-corrected chi connectivity index (χ1v) is 12.9. The molecule has 1 amide bonds. The molecule has 2 aliphatic rings. The Bertz CT molecular complexity index is 1440. The Morgan fingerprint density at radius 1 is 0.925 bits per heavy atom. The van der Waals surface area contributed by atoms with Gasteiger partial charge < -0.3 is 15.2 Å². The van der Waals surface area contributed by atoms with Gasteiger partial charge in [0.2, 0.25) is 5.91 Å². The van der Waals surface area contributed by atoms with E-state index in [-0.39, 0.29) is 28.7 Å². The minimum Gasteiger partial charge on any atom is -0.376 e. The number of carbonyl (C=O) groups is 1. The summed E-state index contributed by atoms with van der Waals surface area (Å²) in [5, 5.41) is 5.22. The first-order valence-electron chi connectivity index (χ1n) is 12.9. The van der Waals surface area contributed by atoms with Crippen molar-refractivity contribution in [3.63, 3.8) is 0 Å². The molecule has 2 N–H and O–H groups in total. The summed E-state index contributed by atoms with van der Waals surface area (Å²) < 4.78 is 82.3. The second kappa shape index (κ2) is 10.8. The minimum atomic E-state index is -4.98. The third-order valence-corrected chi connectivity index (χ3v) is 7.58. The molecule has 1 aliphatic heterocycles. The van der Waals surface area contributed by atoms with Crippen LogP contribution in [0.1, 0.15) is 43.0 Å². The number of para-hydroxylation sites is 1. The summed E-state index contributed by atoms with van der Waals surface area (Å²) in [5.41, 5.74) is -3.89. The van der Waals surface area contributed by atoms with Gasteiger partial charge in [-0.15, -0.1) is 0 Å². The SMILES string of the molecule is O=C(CNc1cc(C(F)(F)F)nc2c(C(F)(F)F)cccc12)NC1CN(C2CCC(n3ccccc3=O)CC2)C1. The molecule has 0 atom stereocenters. The second-order valence-corrected chi connectivity index (χ2v) is 10.2. The molecule has 13 heteroatoms. The summed E-state index contributed by atoms with van der Waals surface area (Å²) in [6.45, 7) is 0.829. The molecule has 0 spiro atoms. The summed E-state index contributed by atoms with van der Waals surface area (Å²) in [5.74, 6) is -0.484. The molecule has 1 aliphatic carbocycles. The lowest BCUT2D eigenvalue weighted by molar-refractivity contribution is -0.142. The van der Waals surface area contributed by atoms with Crippen LogP contribution in [0.25, 0.3) is 10.9 Å². The van der Waals surface area contributed by atoms with Crippen LogP contribution in [-0.4, -0.2) is 52.1 Å². The first-order chi connectivity index (χ1) is 18.9. The predicted molar refractivity (Wildman–Crippen MR) is 136 cm³/mol. The Hall–Kier alpha value is -3.61. The average Bonchev–Trinajstić information content (AvgIpc) is 2.88. The topological polar surface area (TPSA) is 79.3 Å². The number of nitrogens with one attached hydrogen (secondary N) is 2. The van der Waals surface area contributed by atoms with Gasteiger partial charge in [0, 0.05) is 48.5 Å². The summed E-state index contributed by atoms with van der Waals surface area (Å²) in [4.78, 5) is 30.1. The number of nitrogens with zero attached hydrogens (tertiary/aromatic N) is 3. The fraction of sp³-hybridized carbons (Fsp3) is 0.444. The molecule has 3 aromatic rings. The van der Waals surface area contributed by atoms with Crippen molar-refractivity contribution in [1.29, 1.82) is 0 Å². The number of pyridine rings is 2. The molecule has 0 radical (unpaired) electrons. The van der Waals surface area contributed by atoms with E-state index in [0.29, 0.717) is 31.3 Å². The van der Waals surface area contributed by atoms with E-state index in [1.807, 2.05) is 12.3 Å². The van der Waals surface area contributed by atoms with E-state index in [4.69, 9.17) is 0 Å². The molecule has 1 aromatic carbocycles. The van der Waals surface area contributed by atoms with E-state index in [2.05, 4.69) is 20.5 Å². The highest BCUT2D eigenvalue weighted by Gasteiger charge is 2.38. The largest absolute Gasteiger partial charge is 0.433 e. The third-order valence-electron chi connectivity index (χ3n) is 7.58. The van der Waals surface area contributed by atoms with E-state index in [1.54, 1.807) is 16.7 Å². The standard InChI is InChI=1S/C27H27F6N5O2/c28-26(29,30)20-5-3-4-19-21(12-22(27(31,32)33)36-25(19)20)34-13-23(39)35-16-14-37(15-16)17-7-9-18(10-8-17)38-11-2-1-6-24(38)40/h1-6,11-12,16-18H,7-10,13-15H2,(H,34,36)(H,35,39). The quantitative estimate of drug-likeness (QED) is 0.418. The number of likely N-dealkylation sites (tertiary alicyclic amines) is 1.